The monoisotopic (exact) mass is 508 g/mol. The zero-order valence-electron chi connectivity index (χ0n) is 17.9. The van der Waals surface area contributed by atoms with Crippen molar-refractivity contribution in [2.45, 2.75) is 26.0 Å². The van der Waals surface area contributed by atoms with E-state index in [0.29, 0.717) is 21.2 Å². The highest BCUT2D eigenvalue weighted by Crippen LogP contribution is 2.42. The fourth-order valence-electron chi connectivity index (χ4n) is 3.86. The first kappa shape index (κ1) is 23.9. The summed E-state index contributed by atoms with van der Waals surface area (Å²) < 4.78 is 39.5. The molecule has 0 bridgehead atoms. The number of fused-ring (bicyclic) bond motifs is 1. The Bertz CT molecular complexity index is 1250. The largest absolute Gasteiger partial charge is 0.482 e. The van der Waals surface area contributed by atoms with E-state index in [2.05, 4.69) is 4.98 Å². The van der Waals surface area contributed by atoms with Crippen molar-refractivity contribution in [3.63, 3.8) is 0 Å². The molecular weight excluding hydrogens is 490 g/mol. The summed E-state index contributed by atoms with van der Waals surface area (Å²) in [7, 11) is 0. The van der Waals surface area contributed by atoms with E-state index in [-0.39, 0.29) is 30.9 Å². The molecule has 0 saturated heterocycles. The van der Waals surface area contributed by atoms with Crippen LogP contribution in [0.2, 0.25) is 5.02 Å². The third-order valence-electron chi connectivity index (χ3n) is 5.28. The Morgan fingerprint density at radius 3 is 2.76 bits per heavy atom. The van der Waals surface area contributed by atoms with Gasteiger partial charge in [-0.2, -0.15) is 0 Å². The molecule has 7 nitrogen and oxygen atoms in total. The van der Waals surface area contributed by atoms with Gasteiger partial charge < -0.3 is 14.6 Å². The third kappa shape index (κ3) is 4.97. The quantitative estimate of drug-likeness (QED) is 0.496. The Labute approximate surface area is 202 Å². The molecule has 0 unspecified atom stereocenters. The van der Waals surface area contributed by atoms with Crippen LogP contribution in [0.1, 0.15) is 32.6 Å². The Balaban J connectivity index is 1.75. The molecule has 1 amide bonds. The Kier molecular flexibility index (Phi) is 6.99. The normalized spacial score (nSPS) is 15.1. The first-order chi connectivity index (χ1) is 16.2. The van der Waals surface area contributed by atoms with Gasteiger partial charge in [-0.05, 0) is 48.7 Å². The summed E-state index contributed by atoms with van der Waals surface area (Å²) in [6, 6.07) is 5.90. The number of aromatic nitrogens is 1. The number of halogens is 3. The molecule has 3 aromatic rings. The molecule has 4 rings (SSSR count). The number of hydrogen-bond acceptors (Lipinski definition) is 6. The predicted octanol–water partition coefficient (Wildman–Crippen LogP) is 5.13. The highest BCUT2D eigenvalue weighted by atomic mass is 35.5. The molecule has 11 heteroatoms. The van der Waals surface area contributed by atoms with Gasteiger partial charge in [0.25, 0.3) is 0 Å². The second-order valence-electron chi connectivity index (χ2n) is 7.56. The number of thiazole rings is 1. The van der Waals surface area contributed by atoms with Gasteiger partial charge in [0.05, 0.1) is 6.04 Å². The standard InChI is InChI=1S/C23H19ClF2N2O5S/c1-12-9-27-19(34-12)10-33-23(31)28-7-6-14-15(3-4-17(25)21(14)26)22(28)16-8-13(24)2-5-18(16)32-11-20(29)30/h2-5,8-9,22H,6-7,10-11H2,1H3,(H,29,30)/t22-/m0/s1. The molecule has 0 spiro atoms. The zero-order chi connectivity index (χ0) is 24.4. The van der Waals surface area contributed by atoms with Crippen molar-refractivity contribution >= 4 is 35.0 Å². The summed E-state index contributed by atoms with van der Waals surface area (Å²) in [5.74, 6) is -3.05. The lowest BCUT2D eigenvalue weighted by Gasteiger charge is -2.37. The molecule has 1 atom stereocenters. The second-order valence-corrected chi connectivity index (χ2v) is 9.31. The molecule has 2 heterocycles. The smallest absolute Gasteiger partial charge is 0.410 e. The fourth-order valence-corrected chi connectivity index (χ4v) is 4.74. The number of rotatable bonds is 6. The van der Waals surface area contributed by atoms with E-state index in [9.17, 15) is 18.4 Å². The van der Waals surface area contributed by atoms with E-state index in [1.54, 1.807) is 6.20 Å². The Morgan fingerprint density at radius 1 is 1.26 bits per heavy atom. The molecule has 2 aromatic carbocycles. The minimum absolute atomic E-state index is 0.0264. The van der Waals surface area contributed by atoms with Crippen LogP contribution >= 0.6 is 22.9 Å². The first-order valence-corrected chi connectivity index (χ1v) is 11.4. The molecule has 0 fully saturated rings. The SMILES string of the molecule is Cc1cnc(COC(=O)N2CCc3c(ccc(F)c3F)[C@H]2c2cc(Cl)ccc2OCC(=O)O)s1. The van der Waals surface area contributed by atoms with Gasteiger partial charge in [0.2, 0.25) is 0 Å². The second kappa shape index (κ2) is 9.94. The number of amides is 1. The van der Waals surface area contributed by atoms with Gasteiger partial charge in [-0.25, -0.2) is 23.4 Å². The summed E-state index contributed by atoms with van der Waals surface area (Å²) in [5, 5.41) is 9.95. The molecule has 34 heavy (non-hydrogen) atoms. The Hall–Kier alpha value is -3.24. The van der Waals surface area contributed by atoms with Gasteiger partial charge in [-0.15, -0.1) is 11.3 Å². The van der Waals surface area contributed by atoms with Gasteiger partial charge in [0, 0.05) is 28.2 Å². The molecule has 1 aromatic heterocycles. The van der Waals surface area contributed by atoms with E-state index < -0.39 is 36.3 Å². The van der Waals surface area contributed by atoms with E-state index >= 15 is 0 Å². The van der Waals surface area contributed by atoms with Crippen molar-refractivity contribution in [3.05, 3.63) is 79.8 Å². The number of carbonyl (C=O) groups excluding carboxylic acids is 1. The summed E-state index contributed by atoms with van der Waals surface area (Å²) in [6.07, 6.45) is 1.04. The van der Waals surface area contributed by atoms with Crippen LogP contribution in [0.3, 0.4) is 0 Å². The molecule has 0 radical (unpaired) electrons. The summed E-state index contributed by atoms with van der Waals surface area (Å²) in [6.45, 7) is 1.22. The number of aliphatic carboxylic acids is 1. The fraction of sp³-hybridized carbons (Fsp3) is 0.261. The van der Waals surface area contributed by atoms with Gasteiger partial charge in [-0.3, -0.25) is 4.90 Å². The number of carboxylic acids is 1. The molecule has 178 valence electrons. The maximum absolute atomic E-state index is 14.7. The highest BCUT2D eigenvalue weighted by Gasteiger charge is 2.37. The predicted molar refractivity (Wildman–Crippen MR) is 120 cm³/mol. The first-order valence-electron chi connectivity index (χ1n) is 10.2. The Morgan fingerprint density at radius 2 is 2.06 bits per heavy atom. The maximum atomic E-state index is 14.7. The van der Waals surface area contributed by atoms with E-state index in [4.69, 9.17) is 26.2 Å². The van der Waals surface area contributed by atoms with Crippen molar-refractivity contribution in [1.82, 2.24) is 9.88 Å². The molecular formula is C23H19ClF2N2O5S. The highest BCUT2D eigenvalue weighted by molar-refractivity contribution is 7.11. The van der Waals surface area contributed by atoms with E-state index in [1.165, 1.54) is 40.5 Å². The minimum atomic E-state index is -1.20. The molecule has 1 aliphatic rings. The van der Waals surface area contributed by atoms with Gasteiger partial charge >= 0.3 is 12.1 Å². The van der Waals surface area contributed by atoms with Crippen molar-refractivity contribution in [2.24, 2.45) is 0 Å². The van der Waals surface area contributed by atoms with Crippen LogP contribution in [0, 0.1) is 18.6 Å². The van der Waals surface area contributed by atoms with Crippen LogP contribution < -0.4 is 4.74 Å². The van der Waals surface area contributed by atoms with Crippen LogP contribution in [0.4, 0.5) is 13.6 Å². The lowest BCUT2D eigenvalue weighted by molar-refractivity contribution is -0.139. The number of hydrogen-bond donors (Lipinski definition) is 1. The van der Waals surface area contributed by atoms with Crippen molar-refractivity contribution in [1.29, 1.82) is 0 Å². The van der Waals surface area contributed by atoms with Crippen LogP contribution in [0.5, 0.6) is 5.75 Å². The van der Waals surface area contributed by atoms with Gasteiger partial charge in [-0.1, -0.05) is 17.7 Å². The van der Waals surface area contributed by atoms with Gasteiger partial charge in [0.15, 0.2) is 18.2 Å². The lowest BCUT2D eigenvalue weighted by Crippen LogP contribution is -2.41. The summed E-state index contributed by atoms with van der Waals surface area (Å²) in [5.41, 5.74) is 0.770. The molecule has 1 aliphatic heterocycles. The van der Waals surface area contributed by atoms with Crippen LogP contribution in [-0.2, 0) is 22.6 Å². The van der Waals surface area contributed by atoms with Crippen LogP contribution in [0.15, 0.2) is 36.5 Å². The number of aryl methyl sites for hydroxylation is 1. The maximum Gasteiger partial charge on any atom is 0.410 e. The van der Waals surface area contributed by atoms with Crippen LogP contribution in [-0.4, -0.2) is 40.2 Å². The third-order valence-corrected chi connectivity index (χ3v) is 6.40. The van der Waals surface area contributed by atoms with Gasteiger partial charge in [0.1, 0.15) is 17.4 Å². The average Bonchev–Trinajstić information content (AvgIpc) is 3.23. The number of benzene rings is 2. The number of carboxylic acid groups (broad SMARTS) is 1. The molecule has 1 N–H and O–H groups in total. The van der Waals surface area contributed by atoms with Crippen molar-refractivity contribution < 1.29 is 33.0 Å². The molecule has 0 aliphatic carbocycles. The number of carbonyl (C=O) groups is 2. The number of nitrogens with zero attached hydrogens (tertiary/aromatic N) is 2. The van der Waals surface area contributed by atoms with Crippen molar-refractivity contribution in [3.8, 4) is 5.75 Å². The van der Waals surface area contributed by atoms with Crippen LogP contribution in [0.25, 0.3) is 0 Å². The lowest BCUT2D eigenvalue weighted by atomic mass is 9.87. The summed E-state index contributed by atoms with van der Waals surface area (Å²) in [4.78, 5) is 30.7. The topological polar surface area (TPSA) is 89.0 Å². The average molecular weight is 509 g/mol. The van der Waals surface area contributed by atoms with E-state index in [0.717, 1.165) is 10.9 Å². The molecule has 0 saturated carbocycles. The van der Waals surface area contributed by atoms with Crippen molar-refractivity contribution in [2.75, 3.05) is 13.2 Å². The zero-order valence-corrected chi connectivity index (χ0v) is 19.5. The number of ether oxygens (including phenoxy) is 2. The van der Waals surface area contributed by atoms with E-state index in [1.807, 2.05) is 6.92 Å². The minimum Gasteiger partial charge on any atom is -0.482 e. The summed E-state index contributed by atoms with van der Waals surface area (Å²) >= 11 is 7.59.